The van der Waals surface area contributed by atoms with Crippen LogP contribution in [0.2, 0.25) is 0 Å². The number of aryl methyl sites for hydroxylation is 1. The second-order valence-electron chi connectivity index (χ2n) is 3.53. The molecule has 80 valence electrons. The third-order valence-corrected chi connectivity index (χ3v) is 2.38. The van der Waals surface area contributed by atoms with Crippen molar-refractivity contribution < 1.29 is 0 Å². The number of hydrogen-bond acceptors (Lipinski definition) is 3. The van der Waals surface area contributed by atoms with Gasteiger partial charge in [-0.15, -0.1) is 0 Å². The van der Waals surface area contributed by atoms with Crippen LogP contribution < -0.4 is 5.32 Å². The molecule has 2 heterocycles. The molecular weight excluding hydrogens is 190 g/mol. The van der Waals surface area contributed by atoms with E-state index < -0.39 is 0 Å². The average Bonchev–Trinajstić information content (AvgIpc) is 2.84. The van der Waals surface area contributed by atoms with Crippen molar-refractivity contribution in [1.29, 1.82) is 0 Å². The maximum atomic E-state index is 4.29. The molecule has 0 saturated heterocycles. The summed E-state index contributed by atoms with van der Waals surface area (Å²) in [4.78, 5) is 11.5. The zero-order valence-electron chi connectivity index (χ0n) is 8.94. The molecule has 0 aliphatic heterocycles. The molecule has 1 unspecified atom stereocenters. The number of aromatic amines is 1. The molecule has 0 saturated carbocycles. The maximum Gasteiger partial charge on any atom is 0.125 e. The lowest BCUT2D eigenvalue weighted by Crippen LogP contribution is -2.21. The molecule has 2 N–H and O–H groups in total. The van der Waals surface area contributed by atoms with Gasteiger partial charge in [-0.1, -0.05) is 0 Å². The molecule has 0 bridgehead atoms. The van der Waals surface area contributed by atoms with Gasteiger partial charge in [0.25, 0.3) is 0 Å². The van der Waals surface area contributed by atoms with E-state index >= 15 is 0 Å². The maximum absolute atomic E-state index is 4.29. The van der Waals surface area contributed by atoms with Crippen LogP contribution >= 0.6 is 0 Å². The van der Waals surface area contributed by atoms with Gasteiger partial charge < -0.3 is 14.9 Å². The van der Waals surface area contributed by atoms with Crippen molar-refractivity contribution >= 4 is 0 Å². The average molecular weight is 205 g/mol. The lowest BCUT2D eigenvalue weighted by Gasteiger charge is -2.12. The SMILES string of the molecule is CC(NCc1ncc[nH]1)c1nccn1C. The van der Waals surface area contributed by atoms with Gasteiger partial charge >= 0.3 is 0 Å². The van der Waals surface area contributed by atoms with E-state index in [4.69, 9.17) is 0 Å². The van der Waals surface area contributed by atoms with E-state index in [0.717, 1.165) is 18.2 Å². The molecule has 15 heavy (non-hydrogen) atoms. The van der Waals surface area contributed by atoms with E-state index in [9.17, 15) is 0 Å². The monoisotopic (exact) mass is 205 g/mol. The van der Waals surface area contributed by atoms with Gasteiger partial charge in [0.15, 0.2) is 0 Å². The van der Waals surface area contributed by atoms with Gasteiger partial charge in [0.05, 0.1) is 12.6 Å². The molecule has 0 aliphatic rings. The first kappa shape index (κ1) is 9.92. The molecule has 5 heteroatoms. The van der Waals surface area contributed by atoms with Crippen LogP contribution in [0.15, 0.2) is 24.8 Å². The number of imidazole rings is 2. The van der Waals surface area contributed by atoms with Crippen LogP contribution in [-0.2, 0) is 13.6 Å². The molecular formula is C10H15N5. The van der Waals surface area contributed by atoms with Crippen molar-refractivity contribution in [3.05, 3.63) is 36.4 Å². The molecule has 0 aromatic carbocycles. The van der Waals surface area contributed by atoms with Crippen LogP contribution in [0.5, 0.6) is 0 Å². The minimum atomic E-state index is 0.218. The quantitative estimate of drug-likeness (QED) is 0.782. The first-order valence-corrected chi connectivity index (χ1v) is 4.96. The fraction of sp³-hybridized carbons (Fsp3) is 0.400. The Morgan fingerprint density at radius 2 is 2.33 bits per heavy atom. The van der Waals surface area contributed by atoms with Gasteiger partial charge in [-0.25, -0.2) is 9.97 Å². The Bertz CT molecular complexity index is 403. The van der Waals surface area contributed by atoms with Crippen LogP contribution in [0.25, 0.3) is 0 Å². The van der Waals surface area contributed by atoms with E-state index in [2.05, 4.69) is 27.2 Å². The fourth-order valence-electron chi connectivity index (χ4n) is 1.53. The van der Waals surface area contributed by atoms with Crippen molar-refractivity contribution in [3.63, 3.8) is 0 Å². The summed E-state index contributed by atoms with van der Waals surface area (Å²) in [6, 6.07) is 0.218. The van der Waals surface area contributed by atoms with Crippen molar-refractivity contribution in [3.8, 4) is 0 Å². The summed E-state index contributed by atoms with van der Waals surface area (Å²) < 4.78 is 2.01. The molecule has 2 rings (SSSR count). The number of aromatic nitrogens is 4. The summed E-state index contributed by atoms with van der Waals surface area (Å²) in [6.45, 7) is 2.81. The third-order valence-electron chi connectivity index (χ3n) is 2.38. The van der Waals surface area contributed by atoms with Gasteiger partial charge in [-0.3, -0.25) is 0 Å². The van der Waals surface area contributed by atoms with Gasteiger partial charge in [-0.05, 0) is 6.92 Å². The summed E-state index contributed by atoms with van der Waals surface area (Å²) in [5.41, 5.74) is 0. The highest BCUT2D eigenvalue weighted by molar-refractivity contribution is 4.98. The smallest absolute Gasteiger partial charge is 0.125 e. The topological polar surface area (TPSA) is 58.5 Å². The van der Waals surface area contributed by atoms with Gasteiger partial charge in [0, 0.05) is 31.8 Å². The van der Waals surface area contributed by atoms with Crippen molar-refractivity contribution in [2.24, 2.45) is 7.05 Å². The summed E-state index contributed by atoms with van der Waals surface area (Å²) >= 11 is 0. The molecule has 2 aromatic rings. The Morgan fingerprint density at radius 1 is 1.47 bits per heavy atom. The minimum Gasteiger partial charge on any atom is -0.348 e. The fourth-order valence-corrected chi connectivity index (χ4v) is 1.53. The molecule has 5 nitrogen and oxygen atoms in total. The summed E-state index contributed by atoms with van der Waals surface area (Å²) in [5.74, 6) is 1.97. The molecule has 0 spiro atoms. The molecule has 0 aliphatic carbocycles. The molecule has 1 atom stereocenters. The Hall–Kier alpha value is -1.62. The van der Waals surface area contributed by atoms with Crippen LogP contribution in [0.3, 0.4) is 0 Å². The zero-order valence-corrected chi connectivity index (χ0v) is 8.94. The van der Waals surface area contributed by atoms with Gasteiger partial charge in [0.1, 0.15) is 11.6 Å². The largest absolute Gasteiger partial charge is 0.348 e. The second-order valence-corrected chi connectivity index (χ2v) is 3.53. The van der Waals surface area contributed by atoms with Crippen LogP contribution in [0.4, 0.5) is 0 Å². The molecule has 0 fully saturated rings. The highest BCUT2D eigenvalue weighted by atomic mass is 15.1. The highest BCUT2D eigenvalue weighted by Gasteiger charge is 2.09. The van der Waals surface area contributed by atoms with Crippen LogP contribution in [-0.4, -0.2) is 19.5 Å². The number of H-pyrrole nitrogens is 1. The second kappa shape index (κ2) is 4.27. The first-order chi connectivity index (χ1) is 7.27. The molecule has 0 amide bonds. The van der Waals surface area contributed by atoms with Crippen LogP contribution in [0.1, 0.15) is 24.6 Å². The molecule has 0 radical (unpaired) electrons. The summed E-state index contributed by atoms with van der Waals surface area (Å²) in [5, 5.41) is 3.35. The first-order valence-electron chi connectivity index (χ1n) is 4.96. The standard InChI is InChI=1S/C10H15N5/c1-8(10-13-5-6-15(10)2)14-7-9-11-3-4-12-9/h3-6,8,14H,7H2,1-2H3,(H,11,12). The number of nitrogens with one attached hydrogen (secondary N) is 2. The summed E-state index contributed by atoms with van der Waals surface area (Å²) in [7, 11) is 1.99. The van der Waals surface area contributed by atoms with Crippen molar-refractivity contribution in [1.82, 2.24) is 24.8 Å². The normalized spacial score (nSPS) is 12.9. The van der Waals surface area contributed by atoms with Crippen molar-refractivity contribution in [2.75, 3.05) is 0 Å². The van der Waals surface area contributed by atoms with Gasteiger partial charge in [0.2, 0.25) is 0 Å². The number of rotatable bonds is 4. The van der Waals surface area contributed by atoms with E-state index in [0.29, 0.717) is 0 Å². The van der Waals surface area contributed by atoms with E-state index in [-0.39, 0.29) is 6.04 Å². The lowest BCUT2D eigenvalue weighted by atomic mass is 10.3. The number of hydrogen-bond donors (Lipinski definition) is 2. The zero-order chi connectivity index (χ0) is 10.7. The van der Waals surface area contributed by atoms with Crippen LogP contribution in [0, 0.1) is 0 Å². The number of nitrogens with zero attached hydrogens (tertiary/aromatic N) is 3. The molecule has 2 aromatic heterocycles. The predicted octanol–water partition coefficient (Wildman–Crippen LogP) is 0.994. The minimum absolute atomic E-state index is 0.218. The van der Waals surface area contributed by atoms with Crippen molar-refractivity contribution in [2.45, 2.75) is 19.5 Å². The van der Waals surface area contributed by atoms with Gasteiger partial charge in [-0.2, -0.15) is 0 Å². The van der Waals surface area contributed by atoms with E-state index in [1.165, 1.54) is 0 Å². The Morgan fingerprint density at radius 3 is 2.93 bits per heavy atom. The third kappa shape index (κ3) is 2.24. The Labute approximate surface area is 88.6 Å². The Kier molecular flexibility index (Phi) is 2.82. The lowest BCUT2D eigenvalue weighted by molar-refractivity contribution is 0.521. The predicted molar refractivity (Wildman–Crippen MR) is 57.1 cm³/mol. The van der Waals surface area contributed by atoms with E-state index in [1.54, 1.807) is 12.4 Å². The summed E-state index contributed by atoms with van der Waals surface area (Å²) in [6.07, 6.45) is 7.33. The Balaban J connectivity index is 1.93. The highest BCUT2D eigenvalue weighted by Crippen LogP contribution is 2.08. The van der Waals surface area contributed by atoms with E-state index in [1.807, 2.05) is 24.0 Å².